The first kappa shape index (κ1) is 10.4. The summed E-state index contributed by atoms with van der Waals surface area (Å²) < 4.78 is 18.3. The van der Waals surface area contributed by atoms with E-state index >= 15 is 0 Å². The van der Waals surface area contributed by atoms with Gasteiger partial charge < -0.3 is 10.1 Å². The summed E-state index contributed by atoms with van der Waals surface area (Å²) in [5.41, 5.74) is 1.93. The van der Waals surface area contributed by atoms with Crippen LogP contribution in [-0.4, -0.2) is 19.3 Å². The van der Waals surface area contributed by atoms with Gasteiger partial charge in [0.2, 0.25) is 0 Å². The van der Waals surface area contributed by atoms with Crippen LogP contribution in [-0.2, 0) is 4.74 Å². The Balaban J connectivity index is 1.92. The van der Waals surface area contributed by atoms with Gasteiger partial charge in [0.05, 0.1) is 6.10 Å². The maximum atomic E-state index is 12.8. The second-order valence-electron chi connectivity index (χ2n) is 3.98. The average Bonchev–Trinajstić information content (AvgIpc) is 2.69. The van der Waals surface area contributed by atoms with E-state index in [1.54, 1.807) is 6.07 Å². The highest BCUT2D eigenvalue weighted by atomic mass is 19.1. The Morgan fingerprint density at radius 2 is 2.40 bits per heavy atom. The molecule has 0 aliphatic carbocycles. The van der Waals surface area contributed by atoms with Crippen molar-refractivity contribution in [2.24, 2.45) is 0 Å². The van der Waals surface area contributed by atoms with Crippen LogP contribution in [0, 0.1) is 12.7 Å². The van der Waals surface area contributed by atoms with Crippen molar-refractivity contribution in [1.82, 2.24) is 0 Å². The zero-order valence-electron chi connectivity index (χ0n) is 8.92. The molecule has 2 nitrogen and oxygen atoms in total. The fourth-order valence-electron chi connectivity index (χ4n) is 1.85. The Labute approximate surface area is 89.4 Å². The zero-order valence-corrected chi connectivity index (χ0v) is 8.92. The van der Waals surface area contributed by atoms with Gasteiger partial charge in [0.1, 0.15) is 5.82 Å². The summed E-state index contributed by atoms with van der Waals surface area (Å²) in [5.74, 6) is -0.185. The van der Waals surface area contributed by atoms with Crippen molar-refractivity contribution in [2.75, 3.05) is 18.5 Å². The molecule has 0 spiro atoms. The highest BCUT2D eigenvalue weighted by Crippen LogP contribution is 2.17. The fourth-order valence-corrected chi connectivity index (χ4v) is 1.85. The number of aryl methyl sites for hydroxylation is 1. The quantitative estimate of drug-likeness (QED) is 0.826. The summed E-state index contributed by atoms with van der Waals surface area (Å²) in [4.78, 5) is 0. The van der Waals surface area contributed by atoms with E-state index in [1.165, 1.54) is 12.1 Å². The van der Waals surface area contributed by atoms with Crippen molar-refractivity contribution < 1.29 is 9.13 Å². The summed E-state index contributed by atoms with van der Waals surface area (Å²) in [6, 6.07) is 4.79. The predicted octanol–water partition coefficient (Wildman–Crippen LogP) is 2.73. The van der Waals surface area contributed by atoms with Gasteiger partial charge in [-0.15, -0.1) is 0 Å². The lowest BCUT2D eigenvalue weighted by Gasteiger charge is -2.13. The molecule has 82 valence electrons. The molecular formula is C12H16FNO. The molecule has 1 aromatic carbocycles. The summed E-state index contributed by atoms with van der Waals surface area (Å²) in [6.07, 6.45) is 2.58. The van der Waals surface area contributed by atoms with Gasteiger partial charge in [-0.2, -0.15) is 0 Å². The first-order valence-corrected chi connectivity index (χ1v) is 5.37. The molecule has 1 saturated heterocycles. The first-order valence-electron chi connectivity index (χ1n) is 5.37. The molecule has 1 aliphatic heterocycles. The third kappa shape index (κ3) is 2.69. The summed E-state index contributed by atoms with van der Waals surface area (Å²) >= 11 is 0. The van der Waals surface area contributed by atoms with Gasteiger partial charge in [-0.3, -0.25) is 0 Å². The lowest BCUT2D eigenvalue weighted by Crippen LogP contribution is -2.18. The molecule has 1 unspecified atom stereocenters. The van der Waals surface area contributed by atoms with Crippen LogP contribution in [0.1, 0.15) is 18.4 Å². The van der Waals surface area contributed by atoms with Gasteiger partial charge in [-0.1, -0.05) is 0 Å². The van der Waals surface area contributed by atoms with Gasteiger partial charge in [-0.25, -0.2) is 4.39 Å². The predicted molar refractivity (Wildman–Crippen MR) is 58.6 cm³/mol. The van der Waals surface area contributed by atoms with E-state index in [0.29, 0.717) is 6.10 Å². The molecule has 0 radical (unpaired) electrons. The van der Waals surface area contributed by atoms with E-state index in [1.807, 2.05) is 6.92 Å². The number of nitrogens with one attached hydrogen (secondary N) is 1. The van der Waals surface area contributed by atoms with Crippen LogP contribution in [0.4, 0.5) is 10.1 Å². The van der Waals surface area contributed by atoms with Crippen LogP contribution in [0.2, 0.25) is 0 Å². The lowest BCUT2D eigenvalue weighted by molar-refractivity contribution is 0.120. The number of anilines is 1. The normalized spacial score (nSPS) is 20.5. The second-order valence-corrected chi connectivity index (χ2v) is 3.98. The summed E-state index contributed by atoms with van der Waals surface area (Å²) in [7, 11) is 0. The average molecular weight is 209 g/mol. The Morgan fingerprint density at radius 3 is 3.07 bits per heavy atom. The maximum absolute atomic E-state index is 12.8. The smallest absolute Gasteiger partial charge is 0.123 e. The molecule has 0 saturated carbocycles. The van der Waals surface area contributed by atoms with E-state index < -0.39 is 0 Å². The molecule has 0 amide bonds. The Bertz CT molecular complexity index is 334. The van der Waals surface area contributed by atoms with Crippen molar-refractivity contribution in [1.29, 1.82) is 0 Å². The van der Waals surface area contributed by atoms with Gasteiger partial charge in [0.25, 0.3) is 0 Å². The van der Waals surface area contributed by atoms with E-state index in [-0.39, 0.29) is 5.82 Å². The largest absolute Gasteiger partial charge is 0.382 e. The maximum Gasteiger partial charge on any atom is 0.123 e. The van der Waals surface area contributed by atoms with E-state index in [0.717, 1.165) is 37.2 Å². The standard InChI is InChI=1S/C12H16FNO/c1-9-7-10(13)4-5-12(9)14-8-11-3-2-6-15-11/h4-5,7,11,14H,2-3,6,8H2,1H3. The second kappa shape index (κ2) is 4.62. The Morgan fingerprint density at radius 1 is 1.53 bits per heavy atom. The minimum Gasteiger partial charge on any atom is -0.382 e. The highest BCUT2D eigenvalue weighted by Gasteiger charge is 2.14. The molecular weight excluding hydrogens is 193 g/mol. The minimum atomic E-state index is -0.185. The number of hydrogen-bond acceptors (Lipinski definition) is 2. The van der Waals surface area contributed by atoms with Crippen molar-refractivity contribution >= 4 is 5.69 Å². The Hall–Kier alpha value is -1.09. The molecule has 1 aromatic rings. The number of hydrogen-bond donors (Lipinski definition) is 1. The number of ether oxygens (including phenoxy) is 1. The van der Waals surface area contributed by atoms with Gasteiger partial charge >= 0.3 is 0 Å². The molecule has 1 fully saturated rings. The molecule has 3 heteroatoms. The van der Waals surface area contributed by atoms with Crippen molar-refractivity contribution in [2.45, 2.75) is 25.9 Å². The highest BCUT2D eigenvalue weighted by molar-refractivity contribution is 5.50. The summed E-state index contributed by atoms with van der Waals surface area (Å²) in [6.45, 7) is 3.59. The van der Waals surface area contributed by atoms with Gasteiger partial charge in [0.15, 0.2) is 0 Å². The first-order chi connectivity index (χ1) is 7.25. The van der Waals surface area contributed by atoms with Crippen LogP contribution in [0.15, 0.2) is 18.2 Å². The van der Waals surface area contributed by atoms with Crippen LogP contribution >= 0.6 is 0 Å². The third-order valence-corrected chi connectivity index (χ3v) is 2.73. The van der Waals surface area contributed by atoms with Crippen LogP contribution in [0.3, 0.4) is 0 Å². The van der Waals surface area contributed by atoms with E-state index in [9.17, 15) is 4.39 Å². The van der Waals surface area contributed by atoms with Crippen LogP contribution in [0.25, 0.3) is 0 Å². The lowest BCUT2D eigenvalue weighted by atomic mass is 10.2. The third-order valence-electron chi connectivity index (χ3n) is 2.73. The molecule has 0 bridgehead atoms. The molecule has 1 N–H and O–H groups in total. The van der Waals surface area contributed by atoms with E-state index in [2.05, 4.69) is 5.32 Å². The molecule has 1 atom stereocenters. The van der Waals surface area contributed by atoms with Crippen molar-refractivity contribution in [3.63, 3.8) is 0 Å². The molecule has 0 aromatic heterocycles. The van der Waals surface area contributed by atoms with Crippen molar-refractivity contribution in [3.8, 4) is 0 Å². The summed E-state index contributed by atoms with van der Waals surface area (Å²) in [5, 5.41) is 3.29. The molecule has 2 rings (SSSR count). The van der Waals surface area contributed by atoms with Gasteiger partial charge in [-0.05, 0) is 43.5 Å². The van der Waals surface area contributed by atoms with Crippen LogP contribution < -0.4 is 5.32 Å². The number of benzene rings is 1. The topological polar surface area (TPSA) is 21.3 Å². The molecule has 1 aliphatic rings. The molecule has 1 heterocycles. The number of rotatable bonds is 3. The SMILES string of the molecule is Cc1cc(F)ccc1NCC1CCCO1. The fraction of sp³-hybridized carbons (Fsp3) is 0.500. The monoisotopic (exact) mass is 209 g/mol. The Kier molecular flexibility index (Phi) is 3.21. The zero-order chi connectivity index (χ0) is 10.7. The van der Waals surface area contributed by atoms with E-state index in [4.69, 9.17) is 4.74 Å². The number of halogens is 1. The van der Waals surface area contributed by atoms with Crippen molar-refractivity contribution in [3.05, 3.63) is 29.6 Å². The minimum absolute atomic E-state index is 0.185. The molecule has 15 heavy (non-hydrogen) atoms. The van der Waals surface area contributed by atoms with Gasteiger partial charge in [0, 0.05) is 18.8 Å². The van der Waals surface area contributed by atoms with Crippen LogP contribution in [0.5, 0.6) is 0 Å².